The van der Waals surface area contributed by atoms with Crippen molar-refractivity contribution in [3.63, 3.8) is 0 Å². The van der Waals surface area contributed by atoms with E-state index in [1.54, 1.807) is 0 Å². The molecule has 122 valence electrons. The summed E-state index contributed by atoms with van der Waals surface area (Å²) in [5.41, 5.74) is 2.09. The highest BCUT2D eigenvalue weighted by Gasteiger charge is 2.12. The van der Waals surface area contributed by atoms with E-state index < -0.39 is 0 Å². The molecule has 1 amide bonds. The van der Waals surface area contributed by atoms with Crippen molar-refractivity contribution in [1.29, 1.82) is 0 Å². The number of carbonyl (C=O) groups excluding carboxylic acids is 1. The van der Waals surface area contributed by atoms with Crippen molar-refractivity contribution in [2.75, 3.05) is 23.3 Å². The van der Waals surface area contributed by atoms with E-state index in [9.17, 15) is 4.79 Å². The van der Waals surface area contributed by atoms with Gasteiger partial charge in [0.2, 0.25) is 0 Å². The maximum absolute atomic E-state index is 12.5. The molecule has 1 fully saturated rings. The molecule has 3 aromatic rings. The van der Waals surface area contributed by atoms with Gasteiger partial charge in [-0.15, -0.1) is 11.3 Å². The third-order valence-electron chi connectivity index (χ3n) is 4.50. The van der Waals surface area contributed by atoms with Gasteiger partial charge in [-0.05, 0) is 61.0 Å². The molecule has 0 saturated carbocycles. The van der Waals surface area contributed by atoms with E-state index in [-0.39, 0.29) is 5.91 Å². The molecule has 4 rings (SSSR count). The van der Waals surface area contributed by atoms with Gasteiger partial charge in [0.1, 0.15) is 0 Å². The zero-order valence-corrected chi connectivity index (χ0v) is 14.3. The number of nitrogens with zero attached hydrogens (tertiary/aromatic N) is 1. The second kappa shape index (κ2) is 6.65. The van der Waals surface area contributed by atoms with Crippen LogP contribution >= 0.6 is 11.3 Å². The van der Waals surface area contributed by atoms with Crippen LogP contribution in [0.4, 0.5) is 11.4 Å². The number of hydrogen-bond donors (Lipinski definition) is 1. The first kappa shape index (κ1) is 15.2. The fourth-order valence-electron chi connectivity index (χ4n) is 3.19. The van der Waals surface area contributed by atoms with Gasteiger partial charge in [0, 0.05) is 29.2 Å². The summed E-state index contributed by atoms with van der Waals surface area (Å²) in [7, 11) is 0. The van der Waals surface area contributed by atoms with Gasteiger partial charge in [0.15, 0.2) is 0 Å². The number of amides is 1. The fraction of sp³-hybridized carbons (Fsp3) is 0.250. The molecule has 2 aromatic carbocycles. The summed E-state index contributed by atoms with van der Waals surface area (Å²) in [6.07, 6.45) is 3.87. The lowest BCUT2D eigenvalue weighted by atomic mass is 10.1. The summed E-state index contributed by atoms with van der Waals surface area (Å²) in [6.45, 7) is 2.26. The van der Waals surface area contributed by atoms with Gasteiger partial charge in [-0.1, -0.05) is 18.2 Å². The van der Waals surface area contributed by atoms with Crippen LogP contribution in [-0.4, -0.2) is 19.0 Å². The van der Waals surface area contributed by atoms with E-state index in [2.05, 4.69) is 22.3 Å². The van der Waals surface area contributed by atoms with Crippen LogP contribution in [0.5, 0.6) is 0 Å². The van der Waals surface area contributed by atoms with Crippen LogP contribution in [0.2, 0.25) is 0 Å². The van der Waals surface area contributed by atoms with Crippen molar-refractivity contribution in [1.82, 2.24) is 0 Å². The third-order valence-corrected chi connectivity index (χ3v) is 5.61. The maximum atomic E-state index is 12.5. The lowest BCUT2D eigenvalue weighted by Crippen LogP contribution is -2.29. The van der Waals surface area contributed by atoms with E-state index in [0.29, 0.717) is 0 Å². The number of rotatable bonds is 3. The predicted molar refractivity (Wildman–Crippen MR) is 102 cm³/mol. The number of anilines is 2. The van der Waals surface area contributed by atoms with Gasteiger partial charge >= 0.3 is 0 Å². The normalized spacial score (nSPS) is 14.8. The summed E-state index contributed by atoms with van der Waals surface area (Å²) in [4.78, 5) is 15.6. The van der Waals surface area contributed by atoms with Gasteiger partial charge in [0.05, 0.1) is 4.88 Å². The minimum absolute atomic E-state index is 0.0399. The van der Waals surface area contributed by atoms with E-state index >= 15 is 0 Å². The summed E-state index contributed by atoms with van der Waals surface area (Å²) in [5.74, 6) is -0.0399. The Hall–Kier alpha value is -2.33. The molecule has 0 bridgehead atoms. The Morgan fingerprint density at radius 3 is 2.46 bits per heavy atom. The Kier molecular flexibility index (Phi) is 4.22. The second-order valence-electron chi connectivity index (χ2n) is 6.20. The largest absolute Gasteiger partial charge is 0.372 e. The van der Waals surface area contributed by atoms with Gasteiger partial charge < -0.3 is 10.2 Å². The van der Waals surface area contributed by atoms with Crippen LogP contribution in [-0.2, 0) is 0 Å². The zero-order valence-electron chi connectivity index (χ0n) is 13.5. The van der Waals surface area contributed by atoms with Crippen molar-refractivity contribution in [3.8, 4) is 0 Å². The minimum Gasteiger partial charge on any atom is -0.372 e. The lowest BCUT2D eigenvalue weighted by molar-refractivity contribution is 0.103. The number of benzene rings is 2. The van der Waals surface area contributed by atoms with Gasteiger partial charge in [-0.25, -0.2) is 0 Å². The molecular formula is C20H20N2OS. The molecule has 0 unspecified atom stereocenters. The molecule has 4 heteroatoms. The number of fused-ring (bicyclic) bond motifs is 1. The first-order valence-corrected chi connectivity index (χ1v) is 9.26. The van der Waals surface area contributed by atoms with Gasteiger partial charge in [-0.2, -0.15) is 0 Å². The van der Waals surface area contributed by atoms with Crippen LogP contribution in [0.25, 0.3) is 10.1 Å². The molecule has 3 nitrogen and oxygen atoms in total. The number of carbonyl (C=O) groups is 1. The van der Waals surface area contributed by atoms with E-state index in [1.165, 1.54) is 36.3 Å². The topological polar surface area (TPSA) is 32.3 Å². The van der Waals surface area contributed by atoms with E-state index in [0.717, 1.165) is 33.7 Å². The molecule has 1 aromatic heterocycles. The summed E-state index contributed by atoms with van der Waals surface area (Å²) >= 11 is 1.53. The molecule has 0 radical (unpaired) electrons. The Bertz CT molecular complexity index is 814. The number of piperidine rings is 1. The zero-order chi connectivity index (χ0) is 16.4. The highest BCUT2D eigenvalue weighted by atomic mass is 32.1. The molecule has 1 aliphatic rings. The Morgan fingerprint density at radius 1 is 0.958 bits per heavy atom. The highest BCUT2D eigenvalue weighted by Crippen LogP contribution is 2.26. The smallest absolute Gasteiger partial charge is 0.265 e. The average Bonchev–Trinajstić information content (AvgIpc) is 3.07. The highest BCUT2D eigenvalue weighted by molar-refractivity contribution is 7.20. The second-order valence-corrected chi connectivity index (χ2v) is 7.28. The van der Waals surface area contributed by atoms with Crippen LogP contribution in [0.15, 0.2) is 54.6 Å². The molecule has 1 N–H and O–H groups in total. The average molecular weight is 336 g/mol. The third kappa shape index (κ3) is 3.15. The molecule has 24 heavy (non-hydrogen) atoms. The van der Waals surface area contributed by atoms with Crippen LogP contribution < -0.4 is 10.2 Å². The summed E-state index contributed by atoms with van der Waals surface area (Å²) in [6, 6.07) is 18.2. The standard InChI is InChI=1S/C20H20N2OS/c23-20(19-14-15-6-2-3-7-18(15)24-19)21-16-8-10-17(11-9-16)22-12-4-1-5-13-22/h2-3,6-11,14H,1,4-5,12-13H2,(H,21,23). The molecule has 1 saturated heterocycles. The Morgan fingerprint density at radius 2 is 1.71 bits per heavy atom. The van der Waals surface area contributed by atoms with E-state index in [1.807, 2.05) is 42.5 Å². The van der Waals surface area contributed by atoms with Crippen molar-refractivity contribution in [2.24, 2.45) is 0 Å². The van der Waals surface area contributed by atoms with Crippen molar-refractivity contribution in [3.05, 3.63) is 59.5 Å². The maximum Gasteiger partial charge on any atom is 0.265 e. The minimum atomic E-state index is -0.0399. The predicted octanol–water partition coefficient (Wildman–Crippen LogP) is 5.14. The van der Waals surface area contributed by atoms with Crippen molar-refractivity contribution in [2.45, 2.75) is 19.3 Å². The van der Waals surface area contributed by atoms with Crippen LogP contribution in [0, 0.1) is 0 Å². The fourth-order valence-corrected chi connectivity index (χ4v) is 4.15. The molecule has 0 aliphatic carbocycles. The molecule has 0 atom stereocenters. The van der Waals surface area contributed by atoms with Gasteiger partial charge in [0.25, 0.3) is 5.91 Å². The number of hydrogen-bond acceptors (Lipinski definition) is 3. The quantitative estimate of drug-likeness (QED) is 0.718. The monoisotopic (exact) mass is 336 g/mol. The van der Waals surface area contributed by atoms with Crippen molar-refractivity contribution < 1.29 is 4.79 Å². The Labute approximate surface area is 145 Å². The molecule has 1 aliphatic heterocycles. The van der Waals surface area contributed by atoms with Crippen LogP contribution in [0.3, 0.4) is 0 Å². The Balaban J connectivity index is 1.47. The summed E-state index contributed by atoms with van der Waals surface area (Å²) < 4.78 is 1.14. The lowest BCUT2D eigenvalue weighted by Gasteiger charge is -2.28. The first-order chi connectivity index (χ1) is 11.8. The number of thiophene rings is 1. The van der Waals surface area contributed by atoms with Crippen molar-refractivity contribution >= 4 is 38.7 Å². The van der Waals surface area contributed by atoms with Gasteiger partial charge in [-0.3, -0.25) is 4.79 Å². The van der Waals surface area contributed by atoms with E-state index in [4.69, 9.17) is 0 Å². The first-order valence-electron chi connectivity index (χ1n) is 8.44. The molecular weight excluding hydrogens is 316 g/mol. The number of nitrogens with one attached hydrogen (secondary N) is 1. The van der Waals surface area contributed by atoms with Crippen LogP contribution in [0.1, 0.15) is 28.9 Å². The summed E-state index contributed by atoms with van der Waals surface area (Å²) in [5, 5.41) is 4.12. The SMILES string of the molecule is O=C(Nc1ccc(N2CCCCC2)cc1)c1cc2ccccc2s1. The molecule has 0 spiro atoms. The molecule has 2 heterocycles.